The van der Waals surface area contributed by atoms with E-state index in [-0.39, 0.29) is 34.3 Å². The number of phenols is 2. The van der Waals surface area contributed by atoms with Crippen molar-refractivity contribution in [1.29, 1.82) is 0 Å². The summed E-state index contributed by atoms with van der Waals surface area (Å²) in [6, 6.07) is 6.15. The Morgan fingerprint density at radius 2 is 1.20 bits per heavy atom. The molecule has 56 valence electrons. The second kappa shape index (κ2) is 5.13. The van der Waals surface area contributed by atoms with Gasteiger partial charge in [0.15, 0.2) is 28.9 Å². The molecule has 0 atom stereocenters. The van der Waals surface area contributed by atoms with Gasteiger partial charge in [-0.25, -0.2) is 0 Å². The van der Waals surface area contributed by atoms with Gasteiger partial charge < -0.3 is 15.7 Å². The summed E-state index contributed by atoms with van der Waals surface area (Å²) in [5.74, 6) is -0.153. The standard InChI is InChI=1S/C6H6O2.Al.H2O.3H/c7-5-3-1-2-4-6(5)8;;;;;/h1-4,7-8H;;1H2;;;. The van der Waals surface area contributed by atoms with E-state index in [9.17, 15) is 0 Å². The average molecular weight is 158 g/mol. The van der Waals surface area contributed by atoms with Gasteiger partial charge in [0.25, 0.3) is 0 Å². The van der Waals surface area contributed by atoms with Gasteiger partial charge in [-0.05, 0) is 12.1 Å². The molecule has 0 aliphatic rings. The van der Waals surface area contributed by atoms with E-state index in [1.165, 1.54) is 12.1 Å². The highest BCUT2D eigenvalue weighted by Gasteiger charge is 1.90. The van der Waals surface area contributed by atoms with Gasteiger partial charge in [0.05, 0.1) is 0 Å². The molecule has 0 saturated heterocycles. The molecule has 0 heterocycles. The summed E-state index contributed by atoms with van der Waals surface area (Å²) >= 11 is 0. The zero-order valence-corrected chi connectivity index (χ0v) is 4.70. The second-order valence-electron chi connectivity index (χ2n) is 1.49. The van der Waals surface area contributed by atoms with E-state index >= 15 is 0 Å². The Kier molecular flexibility index (Phi) is 6.17. The first kappa shape index (κ1) is 12.0. The molecular weight excluding hydrogens is 147 g/mol. The molecule has 0 amide bonds. The molecule has 0 unspecified atom stereocenters. The van der Waals surface area contributed by atoms with Gasteiger partial charge in [0, 0.05) is 0 Å². The molecule has 0 bridgehead atoms. The zero-order valence-electron chi connectivity index (χ0n) is 4.70. The molecule has 1 aromatic carbocycles. The first-order valence-electron chi connectivity index (χ1n) is 2.27. The van der Waals surface area contributed by atoms with E-state index < -0.39 is 0 Å². The number of rotatable bonds is 0. The Labute approximate surface area is 69.4 Å². The van der Waals surface area contributed by atoms with Crippen molar-refractivity contribution in [2.75, 3.05) is 0 Å². The largest absolute Gasteiger partial charge is 0.504 e. The monoisotopic (exact) mass is 158 g/mol. The van der Waals surface area contributed by atoms with E-state index in [1.807, 2.05) is 0 Å². The fraction of sp³-hybridized carbons (Fsp3) is 0. The van der Waals surface area contributed by atoms with Crippen LogP contribution in [0, 0.1) is 0 Å². The molecule has 0 fully saturated rings. The van der Waals surface area contributed by atoms with Crippen LogP contribution in [0.2, 0.25) is 0 Å². The summed E-state index contributed by atoms with van der Waals surface area (Å²) in [4.78, 5) is 0. The van der Waals surface area contributed by atoms with E-state index in [0.717, 1.165) is 0 Å². The van der Waals surface area contributed by atoms with Crippen molar-refractivity contribution in [2.45, 2.75) is 0 Å². The van der Waals surface area contributed by atoms with Gasteiger partial charge in [-0.15, -0.1) is 0 Å². The Bertz CT molecular complexity index is 169. The van der Waals surface area contributed by atoms with Crippen molar-refractivity contribution in [1.82, 2.24) is 0 Å². The highest BCUT2D eigenvalue weighted by atomic mass is 27.0. The fourth-order valence-electron chi connectivity index (χ4n) is 0.464. The van der Waals surface area contributed by atoms with Gasteiger partial charge in [-0.2, -0.15) is 0 Å². The zero-order chi connectivity index (χ0) is 5.98. The van der Waals surface area contributed by atoms with Gasteiger partial charge in [-0.3, -0.25) is 0 Å². The number of para-hydroxylation sites is 2. The van der Waals surface area contributed by atoms with Crippen molar-refractivity contribution in [3.05, 3.63) is 24.3 Å². The van der Waals surface area contributed by atoms with Gasteiger partial charge >= 0.3 is 0 Å². The minimum atomic E-state index is -0.0764. The van der Waals surface area contributed by atoms with Crippen molar-refractivity contribution in [3.63, 3.8) is 0 Å². The predicted molar refractivity (Wildman–Crippen MR) is 43.3 cm³/mol. The summed E-state index contributed by atoms with van der Waals surface area (Å²) in [5.41, 5.74) is 0. The summed E-state index contributed by atoms with van der Waals surface area (Å²) in [6.45, 7) is 0. The van der Waals surface area contributed by atoms with E-state index in [2.05, 4.69) is 0 Å². The van der Waals surface area contributed by atoms with E-state index in [4.69, 9.17) is 10.2 Å². The number of benzene rings is 1. The fourth-order valence-corrected chi connectivity index (χ4v) is 0.464. The van der Waals surface area contributed by atoms with Crippen molar-refractivity contribution >= 4 is 17.4 Å². The maximum atomic E-state index is 8.67. The van der Waals surface area contributed by atoms with Crippen molar-refractivity contribution in [3.8, 4) is 11.5 Å². The van der Waals surface area contributed by atoms with Crippen LogP contribution in [0.15, 0.2) is 24.3 Å². The van der Waals surface area contributed by atoms with Crippen LogP contribution >= 0.6 is 0 Å². The molecule has 4 N–H and O–H groups in total. The first-order chi connectivity index (χ1) is 3.80. The topological polar surface area (TPSA) is 72.0 Å². The molecule has 4 heteroatoms. The summed E-state index contributed by atoms with van der Waals surface area (Å²) in [7, 11) is 0. The molecule has 0 aliphatic carbocycles. The lowest BCUT2D eigenvalue weighted by molar-refractivity contribution is 0.404. The minimum absolute atomic E-state index is 0. The first-order valence-corrected chi connectivity index (χ1v) is 2.27. The Balaban J connectivity index is 0. The second-order valence-corrected chi connectivity index (χ2v) is 1.49. The smallest absolute Gasteiger partial charge is 0.187 e. The van der Waals surface area contributed by atoms with Crippen LogP contribution in [-0.2, 0) is 0 Å². The third kappa shape index (κ3) is 2.74. The summed E-state index contributed by atoms with van der Waals surface area (Å²) in [5, 5.41) is 17.3. The number of aromatic hydroxyl groups is 2. The predicted octanol–water partition coefficient (Wildman–Crippen LogP) is -0.911. The van der Waals surface area contributed by atoms with Crippen LogP contribution in [0.5, 0.6) is 11.5 Å². The van der Waals surface area contributed by atoms with Gasteiger partial charge in [0.1, 0.15) is 0 Å². The third-order valence-electron chi connectivity index (χ3n) is 0.882. The SMILES string of the molecule is O.Oc1ccccc1O.[AlH3]. The maximum absolute atomic E-state index is 8.67. The van der Waals surface area contributed by atoms with Gasteiger partial charge in [0.2, 0.25) is 0 Å². The van der Waals surface area contributed by atoms with Gasteiger partial charge in [-0.1, -0.05) is 12.1 Å². The van der Waals surface area contributed by atoms with E-state index in [1.54, 1.807) is 12.1 Å². The molecule has 3 nitrogen and oxygen atoms in total. The molecule has 10 heavy (non-hydrogen) atoms. The molecule has 1 aromatic rings. The molecule has 0 spiro atoms. The normalized spacial score (nSPS) is 7.20. The Morgan fingerprint density at radius 1 is 0.900 bits per heavy atom. The van der Waals surface area contributed by atoms with Crippen LogP contribution in [0.4, 0.5) is 0 Å². The lowest BCUT2D eigenvalue weighted by Gasteiger charge is -1.91. The molecule has 1 rings (SSSR count). The third-order valence-corrected chi connectivity index (χ3v) is 0.882. The lowest BCUT2D eigenvalue weighted by Crippen LogP contribution is -1.63. The van der Waals surface area contributed by atoms with Crippen LogP contribution in [0.1, 0.15) is 0 Å². The molecule has 0 aliphatic heterocycles. The highest BCUT2D eigenvalue weighted by Crippen LogP contribution is 2.21. The Hall–Kier alpha value is -0.688. The minimum Gasteiger partial charge on any atom is -0.504 e. The Morgan fingerprint density at radius 3 is 1.40 bits per heavy atom. The molecular formula is C6H11AlO3. The molecule has 0 radical (unpaired) electrons. The average Bonchev–Trinajstić information content (AvgIpc) is 1.77. The van der Waals surface area contributed by atoms with Crippen LogP contribution < -0.4 is 0 Å². The van der Waals surface area contributed by atoms with Crippen LogP contribution in [0.3, 0.4) is 0 Å². The van der Waals surface area contributed by atoms with Crippen LogP contribution in [-0.4, -0.2) is 33.1 Å². The van der Waals surface area contributed by atoms with Crippen molar-refractivity contribution in [2.24, 2.45) is 0 Å². The molecule has 0 saturated carbocycles. The number of hydrogen-bond donors (Lipinski definition) is 2. The summed E-state index contributed by atoms with van der Waals surface area (Å²) in [6.07, 6.45) is 0. The lowest BCUT2D eigenvalue weighted by atomic mass is 10.3. The quantitative estimate of drug-likeness (QED) is 0.379. The maximum Gasteiger partial charge on any atom is 0.187 e. The summed E-state index contributed by atoms with van der Waals surface area (Å²) < 4.78 is 0. The highest BCUT2D eigenvalue weighted by molar-refractivity contribution is 5.75. The van der Waals surface area contributed by atoms with Crippen LogP contribution in [0.25, 0.3) is 0 Å². The van der Waals surface area contributed by atoms with Crippen molar-refractivity contribution < 1.29 is 15.7 Å². The number of phenolic OH excluding ortho intramolecular Hbond substituents is 2. The van der Waals surface area contributed by atoms with E-state index in [0.29, 0.717) is 0 Å². The number of hydrogen-bond acceptors (Lipinski definition) is 2. The molecule has 0 aromatic heterocycles.